The number of hydrogen-bond acceptors (Lipinski definition) is 5. The van der Waals surface area contributed by atoms with E-state index in [-0.39, 0.29) is 11.4 Å². The van der Waals surface area contributed by atoms with Crippen molar-refractivity contribution in [2.75, 3.05) is 6.61 Å². The third-order valence-corrected chi connectivity index (χ3v) is 4.83. The van der Waals surface area contributed by atoms with Gasteiger partial charge in [-0.1, -0.05) is 64.5 Å². The number of carbonyl (C=O) groups excluding carboxylic acids is 2. The number of hydrogen-bond donors (Lipinski definition) is 3. The normalized spacial score (nSPS) is 11.1. The highest BCUT2D eigenvalue weighted by Gasteiger charge is 2.14. The number of carboxylic acids is 1. The molecule has 2 amide bonds. The van der Waals surface area contributed by atoms with Crippen molar-refractivity contribution in [2.45, 2.75) is 0 Å². The first-order chi connectivity index (χ1) is 16.4. The molecule has 0 fully saturated rings. The SMILES string of the molecule is O=C(O)COc1ccc(Br)cc1/C=N\NC(=O)/C(=C/c1ccccc1)NC(=O)c1ccccc1. The number of amides is 2. The van der Waals surface area contributed by atoms with Crippen molar-refractivity contribution in [3.8, 4) is 5.75 Å². The van der Waals surface area contributed by atoms with Gasteiger partial charge in [-0.15, -0.1) is 0 Å². The summed E-state index contributed by atoms with van der Waals surface area (Å²) in [7, 11) is 0. The van der Waals surface area contributed by atoms with Crippen LogP contribution in [0.25, 0.3) is 6.08 Å². The highest BCUT2D eigenvalue weighted by molar-refractivity contribution is 9.10. The molecule has 0 atom stereocenters. The summed E-state index contributed by atoms with van der Waals surface area (Å²) in [5.41, 5.74) is 3.92. The summed E-state index contributed by atoms with van der Waals surface area (Å²) < 4.78 is 5.96. The summed E-state index contributed by atoms with van der Waals surface area (Å²) in [4.78, 5) is 36.3. The summed E-state index contributed by atoms with van der Waals surface area (Å²) in [6.45, 7) is -0.524. The van der Waals surface area contributed by atoms with Crippen molar-refractivity contribution >= 4 is 46.0 Å². The van der Waals surface area contributed by atoms with Crippen molar-refractivity contribution in [2.24, 2.45) is 5.10 Å². The predicted octanol–water partition coefficient (Wildman–Crippen LogP) is 3.83. The van der Waals surface area contributed by atoms with E-state index in [9.17, 15) is 14.4 Å². The zero-order valence-electron chi connectivity index (χ0n) is 17.8. The Labute approximate surface area is 204 Å². The maximum atomic E-state index is 12.8. The molecule has 8 nitrogen and oxygen atoms in total. The van der Waals surface area contributed by atoms with Crippen LogP contribution in [0.4, 0.5) is 0 Å². The third kappa shape index (κ3) is 7.42. The van der Waals surface area contributed by atoms with Crippen LogP contribution in [0.5, 0.6) is 5.75 Å². The summed E-state index contributed by atoms with van der Waals surface area (Å²) in [5, 5.41) is 15.4. The first-order valence-corrected chi connectivity index (χ1v) is 10.8. The monoisotopic (exact) mass is 521 g/mol. The molecule has 3 aromatic carbocycles. The molecule has 0 unspecified atom stereocenters. The molecule has 0 bridgehead atoms. The van der Waals surface area contributed by atoms with E-state index in [4.69, 9.17) is 9.84 Å². The molecule has 0 spiro atoms. The summed E-state index contributed by atoms with van der Waals surface area (Å²) >= 11 is 3.33. The highest BCUT2D eigenvalue weighted by Crippen LogP contribution is 2.21. The molecule has 0 aliphatic heterocycles. The molecule has 0 aliphatic carbocycles. The number of ether oxygens (including phenoxy) is 1. The van der Waals surface area contributed by atoms with Crippen molar-refractivity contribution in [1.82, 2.24) is 10.7 Å². The molecule has 0 aliphatic rings. The molecule has 172 valence electrons. The second-order valence-electron chi connectivity index (χ2n) is 6.85. The van der Waals surface area contributed by atoms with E-state index in [1.165, 1.54) is 12.3 Å². The number of carbonyl (C=O) groups is 3. The van der Waals surface area contributed by atoms with E-state index in [1.807, 2.05) is 18.2 Å². The van der Waals surface area contributed by atoms with Gasteiger partial charge in [0.15, 0.2) is 6.61 Å². The predicted molar refractivity (Wildman–Crippen MR) is 131 cm³/mol. The van der Waals surface area contributed by atoms with Crippen LogP contribution in [-0.4, -0.2) is 35.7 Å². The zero-order chi connectivity index (χ0) is 24.3. The lowest BCUT2D eigenvalue weighted by Crippen LogP contribution is -2.32. The molecule has 34 heavy (non-hydrogen) atoms. The number of nitrogens with one attached hydrogen (secondary N) is 2. The first kappa shape index (κ1) is 24.4. The van der Waals surface area contributed by atoms with Crippen LogP contribution in [-0.2, 0) is 9.59 Å². The second-order valence-corrected chi connectivity index (χ2v) is 7.77. The van der Waals surface area contributed by atoms with Gasteiger partial charge in [0.25, 0.3) is 11.8 Å². The maximum absolute atomic E-state index is 12.8. The van der Waals surface area contributed by atoms with Gasteiger partial charge in [-0.2, -0.15) is 5.10 Å². The standard InChI is InChI=1S/C25H20BrN3O5/c26-20-11-12-22(34-16-23(30)31)19(14-20)15-27-29-25(33)21(13-17-7-3-1-4-8-17)28-24(32)18-9-5-2-6-10-18/h1-15H,16H2,(H,28,32)(H,29,33)(H,30,31)/b21-13-,27-15-. The van der Waals surface area contributed by atoms with E-state index in [2.05, 4.69) is 31.8 Å². The fourth-order valence-corrected chi connectivity index (χ4v) is 3.15. The smallest absolute Gasteiger partial charge is 0.341 e. The van der Waals surface area contributed by atoms with E-state index in [0.717, 1.165) is 0 Å². The van der Waals surface area contributed by atoms with Crippen molar-refractivity contribution in [1.29, 1.82) is 0 Å². The minimum absolute atomic E-state index is 0.00574. The molecule has 3 aromatic rings. The summed E-state index contributed by atoms with van der Waals surface area (Å²) in [5.74, 6) is -1.93. The Morgan fingerprint density at radius 1 is 0.971 bits per heavy atom. The summed E-state index contributed by atoms with van der Waals surface area (Å²) in [6, 6.07) is 22.5. The second kappa shape index (κ2) is 12.1. The average Bonchev–Trinajstić information content (AvgIpc) is 2.84. The van der Waals surface area contributed by atoms with Crippen LogP contribution >= 0.6 is 15.9 Å². The van der Waals surface area contributed by atoms with E-state index in [0.29, 0.717) is 21.2 Å². The largest absolute Gasteiger partial charge is 0.481 e. The number of aliphatic carboxylic acids is 1. The first-order valence-electron chi connectivity index (χ1n) is 10.0. The Morgan fingerprint density at radius 2 is 1.65 bits per heavy atom. The van der Waals surface area contributed by atoms with Crippen molar-refractivity contribution in [3.63, 3.8) is 0 Å². The Bertz CT molecular complexity index is 1230. The molecule has 0 saturated carbocycles. The van der Waals surface area contributed by atoms with Gasteiger partial charge in [0.1, 0.15) is 11.4 Å². The van der Waals surface area contributed by atoms with Crippen LogP contribution in [0.3, 0.4) is 0 Å². The number of carboxylic acid groups (broad SMARTS) is 1. The Balaban J connectivity index is 1.79. The molecule has 3 N–H and O–H groups in total. The number of rotatable bonds is 9. The Hall–Kier alpha value is -4.24. The molecule has 9 heteroatoms. The molecular formula is C25H20BrN3O5. The van der Waals surface area contributed by atoms with Crippen LogP contribution in [0, 0.1) is 0 Å². The molecule has 0 saturated heterocycles. The lowest BCUT2D eigenvalue weighted by molar-refractivity contribution is -0.139. The third-order valence-electron chi connectivity index (χ3n) is 4.33. The van der Waals surface area contributed by atoms with Crippen LogP contribution in [0.2, 0.25) is 0 Å². The van der Waals surface area contributed by atoms with E-state index in [1.54, 1.807) is 60.7 Å². The number of benzene rings is 3. The number of hydrazone groups is 1. The maximum Gasteiger partial charge on any atom is 0.341 e. The molecule has 0 radical (unpaired) electrons. The van der Waals surface area contributed by atoms with Crippen LogP contribution in [0.1, 0.15) is 21.5 Å². The van der Waals surface area contributed by atoms with Gasteiger partial charge in [0.2, 0.25) is 0 Å². The van der Waals surface area contributed by atoms with E-state index < -0.39 is 24.4 Å². The van der Waals surface area contributed by atoms with Gasteiger partial charge in [0.05, 0.1) is 6.21 Å². The quantitative estimate of drug-likeness (QED) is 0.224. The van der Waals surface area contributed by atoms with Gasteiger partial charge in [0, 0.05) is 15.6 Å². The van der Waals surface area contributed by atoms with Gasteiger partial charge in [-0.3, -0.25) is 9.59 Å². The van der Waals surface area contributed by atoms with E-state index >= 15 is 0 Å². The van der Waals surface area contributed by atoms with Crippen molar-refractivity contribution in [3.05, 3.63) is 106 Å². The Morgan fingerprint density at radius 3 is 2.32 bits per heavy atom. The highest BCUT2D eigenvalue weighted by atomic mass is 79.9. The fraction of sp³-hybridized carbons (Fsp3) is 0.0400. The minimum Gasteiger partial charge on any atom is -0.481 e. The average molecular weight is 522 g/mol. The number of halogens is 1. The number of nitrogens with zero attached hydrogens (tertiary/aromatic N) is 1. The topological polar surface area (TPSA) is 117 Å². The lowest BCUT2D eigenvalue weighted by atomic mass is 10.1. The minimum atomic E-state index is -1.12. The molecule has 0 aromatic heterocycles. The van der Waals surface area contributed by atoms with Gasteiger partial charge in [-0.25, -0.2) is 10.2 Å². The van der Waals surface area contributed by atoms with Gasteiger partial charge < -0.3 is 15.2 Å². The fourth-order valence-electron chi connectivity index (χ4n) is 2.77. The lowest BCUT2D eigenvalue weighted by Gasteiger charge is -2.10. The molecule has 0 heterocycles. The van der Waals surface area contributed by atoms with Gasteiger partial charge >= 0.3 is 5.97 Å². The van der Waals surface area contributed by atoms with Crippen LogP contribution < -0.4 is 15.5 Å². The van der Waals surface area contributed by atoms with Crippen LogP contribution in [0.15, 0.2) is 94.1 Å². The zero-order valence-corrected chi connectivity index (χ0v) is 19.4. The Kier molecular flexibility index (Phi) is 8.70. The molecular weight excluding hydrogens is 502 g/mol. The van der Waals surface area contributed by atoms with Gasteiger partial charge in [-0.05, 0) is 42.0 Å². The summed E-state index contributed by atoms with van der Waals surface area (Å²) in [6.07, 6.45) is 2.85. The molecule has 3 rings (SSSR count). The van der Waals surface area contributed by atoms with Crippen molar-refractivity contribution < 1.29 is 24.2 Å².